The van der Waals surface area contributed by atoms with Crippen LogP contribution in [0.2, 0.25) is 0 Å². The van der Waals surface area contributed by atoms with E-state index in [1.54, 1.807) is 0 Å². The van der Waals surface area contributed by atoms with E-state index in [-0.39, 0.29) is 24.5 Å². The quantitative estimate of drug-likeness (QED) is 0.418. The zero-order valence-electron chi connectivity index (χ0n) is 19.2. The first-order valence-corrected chi connectivity index (χ1v) is 12.2. The minimum atomic E-state index is -3.77. The smallest absolute Gasteiger partial charge is 0.305 e. The monoisotopic (exact) mass is 453 g/mol. The maximum Gasteiger partial charge on any atom is 0.305 e. The molecule has 1 aliphatic rings. The SMILES string of the molecule is C=C(/C=C/c1ccccc1)[C@@H]1C[C@H](CCC(=O)OC)N1S(=O)(=O)c1c(C)cc(C)cc1C. The normalized spacial score (nSPS) is 19.0. The number of methoxy groups -OCH3 is 1. The van der Waals surface area contributed by atoms with Gasteiger partial charge in [-0.15, -0.1) is 0 Å². The molecule has 1 aliphatic heterocycles. The molecule has 5 nitrogen and oxygen atoms in total. The van der Waals surface area contributed by atoms with Crippen molar-refractivity contribution < 1.29 is 17.9 Å². The summed E-state index contributed by atoms with van der Waals surface area (Å²) in [5, 5.41) is 0. The number of rotatable bonds is 8. The summed E-state index contributed by atoms with van der Waals surface area (Å²) >= 11 is 0. The molecule has 170 valence electrons. The fraction of sp³-hybridized carbons (Fsp3) is 0.346. The molecular weight excluding hydrogens is 422 g/mol. The van der Waals surface area contributed by atoms with Crippen molar-refractivity contribution >= 4 is 22.1 Å². The van der Waals surface area contributed by atoms with Gasteiger partial charge in [-0.1, -0.05) is 66.8 Å². The molecule has 0 spiro atoms. The van der Waals surface area contributed by atoms with Crippen molar-refractivity contribution in [2.75, 3.05) is 7.11 Å². The highest BCUT2D eigenvalue weighted by Gasteiger charge is 2.47. The Hall–Kier alpha value is -2.70. The van der Waals surface area contributed by atoms with Crippen LogP contribution in [0.5, 0.6) is 0 Å². The van der Waals surface area contributed by atoms with Crippen molar-refractivity contribution in [2.24, 2.45) is 0 Å². The van der Waals surface area contributed by atoms with Gasteiger partial charge in [0.2, 0.25) is 10.0 Å². The number of benzene rings is 2. The second kappa shape index (κ2) is 9.84. The van der Waals surface area contributed by atoms with Crippen molar-refractivity contribution in [3.63, 3.8) is 0 Å². The summed E-state index contributed by atoms with van der Waals surface area (Å²) < 4.78 is 33.9. The van der Waals surface area contributed by atoms with Crippen LogP contribution >= 0.6 is 0 Å². The number of aryl methyl sites for hydroxylation is 3. The number of hydrogen-bond acceptors (Lipinski definition) is 4. The average Bonchev–Trinajstić information content (AvgIpc) is 2.70. The molecule has 1 heterocycles. The van der Waals surface area contributed by atoms with Crippen molar-refractivity contribution in [3.8, 4) is 0 Å². The molecule has 2 atom stereocenters. The molecule has 0 aromatic heterocycles. The summed E-state index contributed by atoms with van der Waals surface area (Å²) in [6.45, 7) is 9.78. The number of carbonyl (C=O) groups is 1. The molecule has 1 saturated heterocycles. The van der Waals surface area contributed by atoms with Gasteiger partial charge in [0.25, 0.3) is 0 Å². The first-order chi connectivity index (χ1) is 15.1. The Morgan fingerprint density at radius 1 is 1.16 bits per heavy atom. The molecule has 3 rings (SSSR count). The molecule has 0 radical (unpaired) electrons. The zero-order chi connectivity index (χ0) is 23.5. The Morgan fingerprint density at radius 2 is 1.78 bits per heavy atom. The topological polar surface area (TPSA) is 63.7 Å². The number of nitrogens with zero attached hydrogens (tertiary/aromatic N) is 1. The fourth-order valence-electron chi connectivity index (χ4n) is 4.45. The van der Waals surface area contributed by atoms with E-state index in [4.69, 9.17) is 4.74 Å². The predicted octanol–water partition coefficient (Wildman–Crippen LogP) is 4.97. The summed E-state index contributed by atoms with van der Waals surface area (Å²) in [5.41, 5.74) is 4.23. The Morgan fingerprint density at radius 3 is 2.38 bits per heavy atom. The van der Waals surface area contributed by atoms with E-state index >= 15 is 0 Å². The van der Waals surface area contributed by atoms with Gasteiger partial charge in [-0.2, -0.15) is 4.31 Å². The van der Waals surface area contributed by atoms with E-state index in [0.717, 1.165) is 27.8 Å². The standard InChI is InChI=1S/C26H31NO4S/c1-18-15-20(3)26(21(4)16-18)32(29,30)27-23(13-14-25(28)31-5)17-24(27)19(2)11-12-22-9-7-6-8-10-22/h6-12,15-16,23-24H,2,13-14,17H2,1,3-5H3/b12-11+/t23-,24-/m0/s1. The van der Waals surface area contributed by atoms with E-state index in [0.29, 0.717) is 17.7 Å². The fourth-order valence-corrected chi connectivity index (χ4v) is 6.73. The molecule has 0 aliphatic carbocycles. The number of hydrogen-bond donors (Lipinski definition) is 0. The van der Waals surface area contributed by atoms with Gasteiger partial charge in [-0.05, 0) is 55.9 Å². The third kappa shape index (κ3) is 5.03. The molecule has 0 saturated carbocycles. The van der Waals surface area contributed by atoms with Crippen molar-refractivity contribution in [1.29, 1.82) is 0 Å². The Balaban J connectivity index is 1.92. The largest absolute Gasteiger partial charge is 0.469 e. The minimum absolute atomic E-state index is 0.179. The lowest BCUT2D eigenvalue weighted by Gasteiger charge is -2.48. The maximum atomic E-state index is 13.8. The Labute approximate surface area is 191 Å². The zero-order valence-corrected chi connectivity index (χ0v) is 20.0. The van der Waals surface area contributed by atoms with Gasteiger partial charge in [0.15, 0.2) is 0 Å². The average molecular weight is 454 g/mol. The van der Waals surface area contributed by atoms with Crippen LogP contribution in [0.4, 0.5) is 0 Å². The van der Waals surface area contributed by atoms with Crippen LogP contribution in [0.25, 0.3) is 6.08 Å². The van der Waals surface area contributed by atoms with Crippen molar-refractivity contribution in [3.05, 3.63) is 82.9 Å². The number of carbonyl (C=O) groups excluding carboxylic acids is 1. The second-order valence-electron chi connectivity index (χ2n) is 8.40. The second-order valence-corrected chi connectivity index (χ2v) is 10.2. The highest BCUT2D eigenvalue weighted by atomic mass is 32.2. The molecule has 0 N–H and O–H groups in total. The summed E-state index contributed by atoms with van der Waals surface area (Å²) in [4.78, 5) is 12.0. The van der Waals surface area contributed by atoms with E-state index in [2.05, 4.69) is 6.58 Å². The lowest BCUT2D eigenvalue weighted by Crippen LogP contribution is -2.59. The molecule has 1 fully saturated rings. The molecule has 2 aromatic carbocycles. The van der Waals surface area contributed by atoms with Gasteiger partial charge >= 0.3 is 5.97 Å². The highest BCUT2D eigenvalue weighted by Crippen LogP contribution is 2.40. The van der Waals surface area contributed by atoms with Crippen LogP contribution < -0.4 is 0 Å². The van der Waals surface area contributed by atoms with Crippen LogP contribution in [0.3, 0.4) is 0 Å². The number of sulfonamides is 1. The Kier molecular flexibility index (Phi) is 7.36. The van der Waals surface area contributed by atoms with Gasteiger partial charge in [-0.25, -0.2) is 8.42 Å². The first kappa shape index (κ1) is 24.0. The lowest BCUT2D eigenvalue weighted by molar-refractivity contribution is -0.141. The van der Waals surface area contributed by atoms with E-state index < -0.39 is 10.0 Å². The molecule has 6 heteroatoms. The summed E-state index contributed by atoms with van der Waals surface area (Å²) in [6.07, 6.45) is 5.05. The van der Waals surface area contributed by atoms with E-state index in [1.807, 2.05) is 75.4 Å². The van der Waals surface area contributed by atoms with Gasteiger partial charge in [0, 0.05) is 12.5 Å². The van der Waals surface area contributed by atoms with E-state index in [9.17, 15) is 13.2 Å². The molecule has 32 heavy (non-hydrogen) atoms. The van der Waals surface area contributed by atoms with Gasteiger partial charge < -0.3 is 4.74 Å². The number of esters is 1. The molecule has 0 bridgehead atoms. The van der Waals surface area contributed by atoms with Crippen LogP contribution in [0, 0.1) is 20.8 Å². The predicted molar refractivity (Wildman–Crippen MR) is 128 cm³/mol. The third-order valence-electron chi connectivity index (χ3n) is 5.93. The van der Waals surface area contributed by atoms with Gasteiger partial charge in [-0.3, -0.25) is 4.79 Å². The molecule has 2 aromatic rings. The number of ether oxygens (including phenoxy) is 1. The van der Waals surface area contributed by atoms with Gasteiger partial charge in [0.1, 0.15) is 0 Å². The minimum Gasteiger partial charge on any atom is -0.469 e. The van der Waals surface area contributed by atoms with Gasteiger partial charge in [0.05, 0.1) is 18.0 Å². The third-order valence-corrected chi connectivity index (χ3v) is 8.20. The molecule has 0 amide bonds. The van der Waals surface area contributed by atoms with Crippen molar-refractivity contribution in [1.82, 2.24) is 4.31 Å². The molecular formula is C26H31NO4S. The lowest BCUT2D eigenvalue weighted by atomic mass is 9.88. The van der Waals surface area contributed by atoms with Crippen LogP contribution in [-0.2, 0) is 19.6 Å². The first-order valence-electron chi connectivity index (χ1n) is 10.7. The summed E-state index contributed by atoms with van der Waals surface area (Å²) in [7, 11) is -2.43. The summed E-state index contributed by atoms with van der Waals surface area (Å²) in [5.74, 6) is -0.337. The van der Waals surface area contributed by atoms with Crippen LogP contribution in [-0.4, -0.2) is 37.9 Å². The van der Waals surface area contributed by atoms with Crippen LogP contribution in [0.15, 0.2) is 65.6 Å². The molecule has 0 unspecified atom stereocenters. The van der Waals surface area contributed by atoms with Crippen LogP contribution in [0.1, 0.15) is 41.5 Å². The summed E-state index contributed by atoms with van der Waals surface area (Å²) in [6, 6.07) is 13.0. The van der Waals surface area contributed by atoms with Crippen molar-refractivity contribution in [2.45, 2.75) is 57.0 Å². The highest BCUT2D eigenvalue weighted by molar-refractivity contribution is 7.89. The van der Waals surface area contributed by atoms with E-state index in [1.165, 1.54) is 11.4 Å². The Bertz CT molecular complexity index is 1110. The maximum absolute atomic E-state index is 13.8.